The first kappa shape index (κ1) is 24.1. The zero-order chi connectivity index (χ0) is 23.9. The fourth-order valence-electron chi connectivity index (χ4n) is 5.02. The molecule has 0 saturated carbocycles. The van der Waals surface area contributed by atoms with Crippen LogP contribution in [0.15, 0.2) is 89.4 Å². The molecule has 3 nitrogen and oxygen atoms in total. The van der Waals surface area contributed by atoms with Crippen LogP contribution < -0.4 is 0 Å². The molecule has 3 heteroatoms. The third kappa shape index (κ3) is 5.70. The van der Waals surface area contributed by atoms with Gasteiger partial charge in [-0.15, -0.1) is 0 Å². The van der Waals surface area contributed by atoms with Gasteiger partial charge in [0.1, 0.15) is 5.75 Å². The molecular weight excluding hydrogens is 418 g/mol. The largest absolute Gasteiger partial charge is 0.508 e. The van der Waals surface area contributed by atoms with Crippen molar-refractivity contribution >= 4 is 5.57 Å². The molecule has 34 heavy (non-hydrogen) atoms. The van der Waals surface area contributed by atoms with Crippen LogP contribution in [0.5, 0.6) is 5.75 Å². The minimum atomic E-state index is 0.142. The first-order valence-corrected chi connectivity index (χ1v) is 12.4. The highest BCUT2D eigenvalue weighted by molar-refractivity contribution is 5.85. The predicted molar refractivity (Wildman–Crippen MR) is 140 cm³/mol. The van der Waals surface area contributed by atoms with E-state index in [0.29, 0.717) is 18.4 Å². The maximum absolute atomic E-state index is 9.88. The quantitative estimate of drug-likeness (QED) is 0.457. The van der Waals surface area contributed by atoms with Crippen LogP contribution in [-0.4, -0.2) is 40.9 Å². The van der Waals surface area contributed by atoms with E-state index < -0.39 is 0 Å². The van der Waals surface area contributed by atoms with Crippen LogP contribution in [0.1, 0.15) is 62.1 Å². The second kappa shape index (κ2) is 11.4. The third-order valence-electron chi connectivity index (χ3n) is 6.98. The number of hydrogen-bond acceptors (Lipinski definition) is 3. The Morgan fingerprint density at radius 3 is 2.18 bits per heavy atom. The van der Waals surface area contributed by atoms with E-state index in [1.807, 2.05) is 24.3 Å². The van der Waals surface area contributed by atoms with Gasteiger partial charge in [0, 0.05) is 12.6 Å². The topological polar surface area (TPSA) is 43.7 Å². The summed E-state index contributed by atoms with van der Waals surface area (Å²) in [6.45, 7) is 7.03. The van der Waals surface area contributed by atoms with Crippen molar-refractivity contribution in [2.24, 2.45) is 0 Å². The summed E-state index contributed by atoms with van der Waals surface area (Å²) in [7, 11) is 0. The molecule has 0 radical (unpaired) electrons. The molecule has 1 heterocycles. The van der Waals surface area contributed by atoms with Crippen molar-refractivity contribution in [2.75, 3.05) is 19.7 Å². The van der Waals surface area contributed by atoms with E-state index in [0.717, 1.165) is 41.8 Å². The lowest BCUT2D eigenvalue weighted by atomic mass is 9.84. The zero-order valence-corrected chi connectivity index (χ0v) is 20.3. The number of phenolic OH excluding ortho intramolecular Hbond substituents is 1. The van der Waals surface area contributed by atoms with E-state index in [-0.39, 0.29) is 12.4 Å². The van der Waals surface area contributed by atoms with Gasteiger partial charge in [-0.3, -0.25) is 0 Å². The molecule has 2 aromatic carbocycles. The number of nitrogens with zero attached hydrogens (tertiary/aromatic N) is 1. The van der Waals surface area contributed by atoms with Crippen molar-refractivity contribution in [3.63, 3.8) is 0 Å². The number of likely N-dealkylation sites (tertiary alicyclic amines) is 1. The average Bonchev–Trinajstić information content (AvgIpc) is 2.88. The maximum Gasteiger partial charge on any atom is 0.115 e. The highest BCUT2D eigenvalue weighted by atomic mass is 16.3. The predicted octanol–water partition coefficient (Wildman–Crippen LogP) is 6.36. The molecule has 0 amide bonds. The molecule has 2 aromatic rings. The average molecular weight is 454 g/mol. The molecular formula is C31H35NO2. The lowest BCUT2D eigenvalue weighted by molar-refractivity contribution is 0.172. The summed E-state index contributed by atoms with van der Waals surface area (Å²) in [4.78, 5) is 2.57. The van der Waals surface area contributed by atoms with Crippen LogP contribution in [0.25, 0.3) is 5.57 Å². The summed E-state index contributed by atoms with van der Waals surface area (Å²) in [5.41, 5.74) is 13.1. The molecule has 0 unspecified atom stereocenters. The minimum Gasteiger partial charge on any atom is -0.508 e. The van der Waals surface area contributed by atoms with Crippen molar-refractivity contribution in [2.45, 2.75) is 51.5 Å². The van der Waals surface area contributed by atoms with Crippen LogP contribution >= 0.6 is 0 Å². The number of aliphatic hydroxyl groups is 1. The van der Waals surface area contributed by atoms with Crippen molar-refractivity contribution in [1.82, 2.24) is 4.90 Å². The number of phenols is 1. The number of piperidine rings is 1. The van der Waals surface area contributed by atoms with E-state index in [2.05, 4.69) is 60.6 Å². The van der Waals surface area contributed by atoms with Gasteiger partial charge in [-0.25, -0.2) is 0 Å². The molecule has 2 N–H and O–H groups in total. The van der Waals surface area contributed by atoms with Gasteiger partial charge in [-0.2, -0.15) is 0 Å². The van der Waals surface area contributed by atoms with Gasteiger partial charge in [-0.05, 0) is 122 Å². The number of allylic oxidation sites excluding steroid dienone is 5. The lowest BCUT2D eigenvalue weighted by Crippen LogP contribution is -2.37. The smallest absolute Gasteiger partial charge is 0.115 e. The van der Waals surface area contributed by atoms with E-state index >= 15 is 0 Å². The monoisotopic (exact) mass is 453 g/mol. The highest BCUT2D eigenvalue weighted by Crippen LogP contribution is 2.36. The second-order valence-corrected chi connectivity index (χ2v) is 9.48. The summed E-state index contributed by atoms with van der Waals surface area (Å²) in [6, 6.07) is 17.1. The fraction of sp³-hybridized carbons (Fsp3) is 0.355. The fourth-order valence-corrected chi connectivity index (χ4v) is 5.02. The molecule has 0 aromatic heterocycles. The van der Waals surface area contributed by atoms with Gasteiger partial charge in [0.2, 0.25) is 0 Å². The molecule has 0 bridgehead atoms. The van der Waals surface area contributed by atoms with E-state index in [1.54, 1.807) is 12.1 Å². The van der Waals surface area contributed by atoms with E-state index in [1.165, 1.54) is 24.0 Å². The first-order valence-electron chi connectivity index (χ1n) is 12.4. The standard InChI is InChI=1S/C31H35NO2/c1-23(2)32-20-18-25(19-21-32)24-10-12-27(13-11-24)31(28-14-16-29(34)17-15-28)30(9-6-22-33)26-7-4-3-5-8-26/h4,7-8,10-17,23,25,33-34H,6,9,18-22H2,1-2H3/b31-30+. The molecule has 1 fully saturated rings. The lowest BCUT2D eigenvalue weighted by Gasteiger charge is -2.34. The summed E-state index contributed by atoms with van der Waals surface area (Å²) < 4.78 is 0. The molecule has 2 aliphatic rings. The Morgan fingerprint density at radius 1 is 0.971 bits per heavy atom. The van der Waals surface area contributed by atoms with Gasteiger partial charge >= 0.3 is 0 Å². The third-order valence-corrected chi connectivity index (χ3v) is 6.98. The molecule has 0 spiro atoms. The van der Waals surface area contributed by atoms with Gasteiger partial charge in [-0.1, -0.05) is 47.9 Å². The summed E-state index contributed by atoms with van der Waals surface area (Å²) >= 11 is 0. The SMILES string of the molecule is CC(C)N1CCC(c2ccc(/C(=C(/CCCO)C3=CC=C=C=C3)c3ccc(O)cc3)cc2)CC1. The van der Waals surface area contributed by atoms with Crippen molar-refractivity contribution in [1.29, 1.82) is 0 Å². The maximum atomic E-state index is 9.88. The van der Waals surface area contributed by atoms with Crippen LogP contribution in [0.2, 0.25) is 0 Å². The van der Waals surface area contributed by atoms with Crippen molar-refractivity contribution < 1.29 is 10.2 Å². The first-order chi connectivity index (χ1) is 16.6. The summed E-state index contributed by atoms with van der Waals surface area (Å²) in [6.07, 6.45) is 9.74. The van der Waals surface area contributed by atoms with Gasteiger partial charge in [0.05, 0.1) is 0 Å². The summed E-state index contributed by atoms with van der Waals surface area (Å²) in [5, 5.41) is 19.5. The highest BCUT2D eigenvalue weighted by Gasteiger charge is 2.22. The molecule has 0 atom stereocenters. The second-order valence-electron chi connectivity index (χ2n) is 9.48. The van der Waals surface area contributed by atoms with Crippen LogP contribution in [0.4, 0.5) is 0 Å². The molecule has 176 valence electrons. The Bertz CT molecular complexity index is 1130. The van der Waals surface area contributed by atoms with Crippen LogP contribution in [0, 0.1) is 0 Å². The molecule has 1 saturated heterocycles. The Labute approximate surface area is 203 Å². The van der Waals surface area contributed by atoms with E-state index in [4.69, 9.17) is 0 Å². The number of aromatic hydroxyl groups is 1. The Hall–Kier alpha value is -3.06. The summed E-state index contributed by atoms with van der Waals surface area (Å²) in [5.74, 6) is 0.865. The van der Waals surface area contributed by atoms with Crippen LogP contribution in [-0.2, 0) is 0 Å². The van der Waals surface area contributed by atoms with Crippen molar-refractivity contribution in [3.8, 4) is 5.75 Å². The minimum absolute atomic E-state index is 0.142. The Kier molecular flexibility index (Phi) is 8.06. The number of hydrogen-bond donors (Lipinski definition) is 2. The van der Waals surface area contributed by atoms with E-state index in [9.17, 15) is 10.2 Å². The van der Waals surface area contributed by atoms with Gasteiger partial charge < -0.3 is 15.1 Å². The van der Waals surface area contributed by atoms with Gasteiger partial charge in [0.15, 0.2) is 0 Å². The normalized spacial score (nSPS) is 17.2. The zero-order valence-electron chi connectivity index (χ0n) is 20.3. The van der Waals surface area contributed by atoms with Gasteiger partial charge in [0.25, 0.3) is 0 Å². The Morgan fingerprint density at radius 2 is 1.62 bits per heavy atom. The molecule has 4 rings (SSSR count). The number of aliphatic hydroxyl groups excluding tert-OH is 1. The van der Waals surface area contributed by atoms with Crippen molar-refractivity contribution in [3.05, 3.63) is 106 Å². The van der Waals surface area contributed by atoms with Crippen LogP contribution in [0.3, 0.4) is 0 Å². The Balaban J connectivity index is 1.71. The number of rotatable bonds is 8. The molecule has 1 aliphatic heterocycles. The molecule has 1 aliphatic carbocycles. The number of benzene rings is 2.